The smallest absolute Gasteiger partial charge is 0.232 e. The van der Waals surface area contributed by atoms with Crippen LogP contribution in [0.25, 0.3) is 11.0 Å². The number of fused-ring (bicyclic) bond motifs is 1. The first-order valence-electron chi connectivity index (χ1n) is 7.98. The van der Waals surface area contributed by atoms with Crippen molar-refractivity contribution in [2.45, 2.75) is 19.8 Å². The van der Waals surface area contributed by atoms with Crippen molar-refractivity contribution in [1.82, 2.24) is 9.55 Å². The summed E-state index contributed by atoms with van der Waals surface area (Å²) in [6.45, 7) is 1.62. The molecule has 0 bridgehead atoms. The summed E-state index contributed by atoms with van der Waals surface area (Å²) in [5, 5.41) is 0. The molecule has 3 aromatic rings. The molecule has 2 aromatic carbocycles. The average molecular weight is 343 g/mol. The second-order valence-electron chi connectivity index (χ2n) is 5.78. The molecule has 0 atom stereocenters. The van der Waals surface area contributed by atoms with E-state index in [-0.39, 0.29) is 5.75 Å². The summed E-state index contributed by atoms with van der Waals surface area (Å²) in [5.41, 5.74) is 3.81. The van der Waals surface area contributed by atoms with Crippen molar-refractivity contribution >= 4 is 26.7 Å². The van der Waals surface area contributed by atoms with Crippen LogP contribution in [-0.2, 0) is 29.9 Å². The van der Waals surface area contributed by atoms with E-state index in [2.05, 4.69) is 20.3 Å². The van der Waals surface area contributed by atoms with Gasteiger partial charge in [0.15, 0.2) is 0 Å². The van der Waals surface area contributed by atoms with E-state index in [0.29, 0.717) is 5.69 Å². The van der Waals surface area contributed by atoms with Gasteiger partial charge in [-0.3, -0.25) is 4.72 Å². The number of nitrogens with one attached hydrogen (secondary N) is 1. The molecule has 126 valence electrons. The molecular weight excluding hydrogens is 322 g/mol. The molecule has 0 aliphatic carbocycles. The van der Waals surface area contributed by atoms with Gasteiger partial charge in [-0.25, -0.2) is 13.4 Å². The standard InChI is InChI=1S/C18H21N3O2S/c1-3-24(22,23)20-15-8-6-7-14(13-15)11-12-18-19-16-9-4-5-10-17(16)21(18)2/h4-10,13,20H,3,11-12H2,1-2H3. The lowest BCUT2D eigenvalue weighted by atomic mass is 10.1. The second kappa shape index (κ2) is 6.65. The van der Waals surface area contributed by atoms with E-state index >= 15 is 0 Å². The van der Waals surface area contributed by atoms with E-state index in [0.717, 1.165) is 35.3 Å². The molecule has 6 heteroatoms. The van der Waals surface area contributed by atoms with Crippen molar-refractivity contribution in [2.24, 2.45) is 7.05 Å². The third-order valence-electron chi connectivity index (χ3n) is 4.10. The Morgan fingerprint density at radius 1 is 1.08 bits per heavy atom. The van der Waals surface area contributed by atoms with Gasteiger partial charge in [-0.05, 0) is 43.2 Å². The van der Waals surface area contributed by atoms with Crippen molar-refractivity contribution in [3.8, 4) is 0 Å². The zero-order chi connectivity index (χ0) is 17.2. The summed E-state index contributed by atoms with van der Waals surface area (Å²) in [6.07, 6.45) is 1.61. The van der Waals surface area contributed by atoms with Gasteiger partial charge in [-0.15, -0.1) is 0 Å². The molecule has 3 rings (SSSR count). The van der Waals surface area contributed by atoms with Crippen LogP contribution in [0, 0.1) is 0 Å². The summed E-state index contributed by atoms with van der Waals surface area (Å²) >= 11 is 0. The summed E-state index contributed by atoms with van der Waals surface area (Å²) in [7, 11) is -1.22. The van der Waals surface area contributed by atoms with Gasteiger partial charge >= 0.3 is 0 Å². The van der Waals surface area contributed by atoms with Crippen LogP contribution in [0.15, 0.2) is 48.5 Å². The van der Waals surface area contributed by atoms with Gasteiger partial charge in [-0.1, -0.05) is 24.3 Å². The normalized spacial score (nSPS) is 11.8. The Kier molecular flexibility index (Phi) is 4.57. The fourth-order valence-electron chi connectivity index (χ4n) is 2.72. The lowest BCUT2D eigenvalue weighted by Gasteiger charge is -2.08. The summed E-state index contributed by atoms with van der Waals surface area (Å²) in [5.74, 6) is 1.09. The van der Waals surface area contributed by atoms with E-state index in [9.17, 15) is 8.42 Å². The first-order valence-corrected chi connectivity index (χ1v) is 9.63. The minimum Gasteiger partial charge on any atom is -0.331 e. The molecular formula is C18H21N3O2S. The number of imidazole rings is 1. The van der Waals surface area contributed by atoms with Crippen LogP contribution in [0.4, 0.5) is 5.69 Å². The van der Waals surface area contributed by atoms with Crippen LogP contribution in [-0.4, -0.2) is 23.7 Å². The highest BCUT2D eigenvalue weighted by molar-refractivity contribution is 7.92. The molecule has 0 radical (unpaired) electrons. The van der Waals surface area contributed by atoms with Gasteiger partial charge in [0.25, 0.3) is 0 Å². The minimum atomic E-state index is -3.25. The first-order chi connectivity index (χ1) is 11.5. The fraction of sp³-hybridized carbons (Fsp3) is 0.278. The number of benzene rings is 2. The molecule has 24 heavy (non-hydrogen) atoms. The van der Waals surface area contributed by atoms with Crippen LogP contribution in [0.3, 0.4) is 0 Å². The van der Waals surface area contributed by atoms with Crippen LogP contribution in [0.1, 0.15) is 18.3 Å². The molecule has 5 nitrogen and oxygen atoms in total. The van der Waals surface area contributed by atoms with E-state index in [1.807, 2.05) is 43.4 Å². The number of hydrogen-bond donors (Lipinski definition) is 1. The van der Waals surface area contributed by atoms with Crippen molar-refractivity contribution in [3.63, 3.8) is 0 Å². The lowest BCUT2D eigenvalue weighted by molar-refractivity contribution is 0.602. The maximum absolute atomic E-state index is 11.7. The Bertz CT molecular complexity index is 961. The highest BCUT2D eigenvalue weighted by atomic mass is 32.2. The van der Waals surface area contributed by atoms with Crippen molar-refractivity contribution in [2.75, 3.05) is 10.5 Å². The van der Waals surface area contributed by atoms with E-state index in [1.165, 1.54) is 0 Å². The first kappa shape index (κ1) is 16.5. The van der Waals surface area contributed by atoms with Gasteiger partial charge < -0.3 is 4.57 Å². The molecule has 0 spiro atoms. The fourth-order valence-corrected chi connectivity index (χ4v) is 3.35. The van der Waals surface area contributed by atoms with Crippen LogP contribution < -0.4 is 4.72 Å². The van der Waals surface area contributed by atoms with Gasteiger partial charge in [0.1, 0.15) is 5.82 Å². The Balaban J connectivity index is 1.75. The zero-order valence-corrected chi connectivity index (χ0v) is 14.7. The SMILES string of the molecule is CCS(=O)(=O)Nc1cccc(CCc2nc3ccccc3n2C)c1. The number of hydrogen-bond acceptors (Lipinski definition) is 3. The predicted molar refractivity (Wildman–Crippen MR) is 97.6 cm³/mol. The third-order valence-corrected chi connectivity index (χ3v) is 5.40. The topological polar surface area (TPSA) is 64.0 Å². The molecule has 0 amide bonds. The van der Waals surface area contributed by atoms with E-state index < -0.39 is 10.0 Å². The Labute approximate surface area is 142 Å². The summed E-state index contributed by atoms with van der Waals surface area (Å²) < 4.78 is 28.1. The van der Waals surface area contributed by atoms with E-state index in [1.54, 1.807) is 13.0 Å². The number of aromatic nitrogens is 2. The zero-order valence-electron chi connectivity index (χ0n) is 13.9. The molecule has 0 aliphatic rings. The highest BCUT2D eigenvalue weighted by Gasteiger charge is 2.09. The monoisotopic (exact) mass is 343 g/mol. The van der Waals surface area contributed by atoms with Gasteiger partial charge in [0.05, 0.1) is 16.8 Å². The van der Waals surface area contributed by atoms with E-state index in [4.69, 9.17) is 0 Å². The molecule has 0 saturated carbocycles. The molecule has 0 aliphatic heterocycles. The van der Waals surface area contributed by atoms with Crippen LogP contribution >= 0.6 is 0 Å². The maximum atomic E-state index is 11.7. The maximum Gasteiger partial charge on any atom is 0.232 e. The summed E-state index contributed by atoms with van der Waals surface area (Å²) in [4.78, 5) is 4.67. The quantitative estimate of drug-likeness (QED) is 0.748. The van der Waals surface area contributed by atoms with Gasteiger partial charge in [0.2, 0.25) is 10.0 Å². The van der Waals surface area contributed by atoms with Gasteiger partial charge in [-0.2, -0.15) is 0 Å². The average Bonchev–Trinajstić information content (AvgIpc) is 2.89. The number of rotatable bonds is 6. The number of anilines is 1. The largest absolute Gasteiger partial charge is 0.331 e. The molecule has 0 saturated heterocycles. The Morgan fingerprint density at radius 3 is 2.62 bits per heavy atom. The van der Waals surface area contributed by atoms with Crippen LogP contribution in [0.2, 0.25) is 0 Å². The third kappa shape index (κ3) is 3.59. The molecule has 0 fully saturated rings. The molecule has 0 unspecified atom stereocenters. The van der Waals surface area contributed by atoms with Crippen LogP contribution in [0.5, 0.6) is 0 Å². The van der Waals surface area contributed by atoms with Gasteiger partial charge in [0, 0.05) is 19.2 Å². The molecule has 1 heterocycles. The second-order valence-corrected chi connectivity index (χ2v) is 7.79. The van der Waals surface area contributed by atoms with Crippen molar-refractivity contribution < 1.29 is 8.42 Å². The number of sulfonamides is 1. The molecule has 1 aromatic heterocycles. The highest BCUT2D eigenvalue weighted by Crippen LogP contribution is 2.17. The number of nitrogens with zero attached hydrogens (tertiary/aromatic N) is 2. The van der Waals surface area contributed by atoms with Crippen molar-refractivity contribution in [1.29, 1.82) is 0 Å². The Morgan fingerprint density at radius 2 is 1.88 bits per heavy atom. The predicted octanol–water partition coefficient (Wildman–Crippen LogP) is 3.12. The minimum absolute atomic E-state index is 0.0666. The number of para-hydroxylation sites is 2. The summed E-state index contributed by atoms with van der Waals surface area (Å²) in [6, 6.07) is 15.6. The lowest BCUT2D eigenvalue weighted by Crippen LogP contribution is -2.14. The molecule has 1 N–H and O–H groups in total. The Hall–Kier alpha value is -2.34. The number of aryl methyl sites for hydroxylation is 3. The van der Waals surface area contributed by atoms with Crippen molar-refractivity contribution in [3.05, 3.63) is 59.9 Å².